The molecule has 4 rings (SSSR count). The van der Waals surface area contributed by atoms with E-state index in [0.717, 1.165) is 16.3 Å². The van der Waals surface area contributed by atoms with Crippen LogP contribution in [-0.2, 0) is 17.1 Å². The molecule has 4 aromatic rings. The van der Waals surface area contributed by atoms with Crippen LogP contribution in [0.4, 0.5) is 0 Å². The maximum Gasteiger partial charge on any atom is 0.241 e. The normalized spacial score (nSPS) is 12.8. The van der Waals surface area contributed by atoms with Crippen LogP contribution in [-0.4, -0.2) is 25.1 Å². The van der Waals surface area contributed by atoms with E-state index >= 15 is 0 Å². The zero-order chi connectivity index (χ0) is 20.4. The van der Waals surface area contributed by atoms with Gasteiger partial charge in [0.05, 0.1) is 12.0 Å². The predicted octanol–water partition coefficient (Wildman–Crippen LogP) is 3.65. The molecule has 0 amide bonds. The number of rotatable bonds is 6. The summed E-state index contributed by atoms with van der Waals surface area (Å²) in [5.74, 6) is 1.23. The van der Waals surface area contributed by atoms with Gasteiger partial charge in [-0.3, -0.25) is 0 Å². The fourth-order valence-corrected chi connectivity index (χ4v) is 4.52. The van der Waals surface area contributed by atoms with Gasteiger partial charge in [0.15, 0.2) is 0 Å². The van der Waals surface area contributed by atoms with Crippen molar-refractivity contribution < 1.29 is 13.2 Å². The number of hydrogen-bond acceptors (Lipinski definition) is 4. The first-order valence-electron chi connectivity index (χ1n) is 9.10. The second-order valence-corrected chi connectivity index (χ2v) is 8.45. The van der Waals surface area contributed by atoms with Gasteiger partial charge in [0.2, 0.25) is 10.0 Å². The highest BCUT2D eigenvalue weighted by Gasteiger charge is 2.26. The highest BCUT2D eigenvalue weighted by molar-refractivity contribution is 7.89. The van der Waals surface area contributed by atoms with E-state index in [1.165, 1.54) is 0 Å². The summed E-state index contributed by atoms with van der Waals surface area (Å²) in [5, 5.41) is 1.85. The lowest BCUT2D eigenvalue weighted by Gasteiger charge is -2.20. The van der Waals surface area contributed by atoms with Crippen molar-refractivity contribution in [1.29, 1.82) is 0 Å². The molecule has 1 N–H and O–H groups in total. The van der Waals surface area contributed by atoms with Crippen molar-refractivity contribution in [2.75, 3.05) is 7.11 Å². The Morgan fingerprint density at radius 2 is 1.79 bits per heavy atom. The van der Waals surface area contributed by atoms with Gasteiger partial charge < -0.3 is 9.30 Å². The Morgan fingerprint density at radius 1 is 1.00 bits per heavy atom. The lowest BCUT2D eigenvalue weighted by molar-refractivity contribution is 0.413. The van der Waals surface area contributed by atoms with Crippen LogP contribution in [0.25, 0.3) is 10.8 Å². The number of methoxy groups -OCH3 is 1. The molecule has 0 spiro atoms. The first-order valence-corrected chi connectivity index (χ1v) is 10.6. The van der Waals surface area contributed by atoms with Gasteiger partial charge in [0, 0.05) is 19.4 Å². The summed E-state index contributed by atoms with van der Waals surface area (Å²) in [6, 6.07) is 19.4. The van der Waals surface area contributed by atoms with Gasteiger partial charge in [-0.25, -0.2) is 13.4 Å². The van der Waals surface area contributed by atoms with E-state index in [0.29, 0.717) is 11.6 Å². The van der Waals surface area contributed by atoms with E-state index in [4.69, 9.17) is 4.74 Å². The van der Waals surface area contributed by atoms with Crippen molar-refractivity contribution in [2.45, 2.75) is 10.9 Å². The highest BCUT2D eigenvalue weighted by Crippen LogP contribution is 2.27. The first kappa shape index (κ1) is 19.2. The second-order valence-electron chi connectivity index (χ2n) is 6.74. The maximum atomic E-state index is 13.2. The molecular weight excluding hydrogens is 386 g/mol. The van der Waals surface area contributed by atoms with Gasteiger partial charge in [-0.15, -0.1) is 0 Å². The van der Waals surface area contributed by atoms with Crippen molar-refractivity contribution in [1.82, 2.24) is 14.3 Å². The van der Waals surface area contributed by atoms with Crippen molar-refractivity contribution in [3.63, 3.8) is 0 Å². The lowest BCUT2D eigenvalue weighted by Crippen LogP contribution is -2.31. The van der Waals surface area contributed by atoms with Gasteiger partial charge in [-0.05, 0) is 40.6 Å². The van der Waals surface area contributed by atoms with Gasteiger partial charge in [0.25, 0.3) is 0 Å². The Hall–Kier alpha value is -3.16. The third-order valence-corrected chi connectivity index (χ3v) is 6.27. The fourth-order valence-electron chi connectivity index (χ4n) is 3.30. The topological polar surface area (TPSA) is 73.2 Å². The number of aromatic nitrogens is 2. The molecule has 0 saturated heterocycles. The molecule has 0 bridgehead atoms. The molecule has 3 aromatic carbocycles. The second kappa shape index (κ2) is 7.69. The number of aryl methyl sites for hydroxylation is 1. The summed E-state index contributed by atoms with van der Waals surface area (Å²) in [5.41, 5.74) is 0.739. The molecule has 148 valence electrons. The number of hydrogen-bond donors (Lipinski definition) is 1. The molecule has 1 heterocycles. The van der Waals surface area contributed by atoms with Crippen LogP contribution in [0.1, 0.15) is 17.4 Å². The first-order chi connectivity index (χ1) is 14.0. The Kier molecular flexibility index (Phi) is 5.08. The number of fused-ring (bicyclic) bond motifs is 1. The van der Waals surface area contributed by atoms with E-state index in [9.17, 15) is 8.42 Å². The minimum atomic E-state index is -3.81. The van der Waals surface area contributed by atoms with Crippen molar-refractivity contribution in [3.8, 4) is 5.75 Å². The molecule has 29 heavy (non-hydrogen) atoms. The van der Waals surface area contributed by atoms with Crippen LogP contribution in [0.5, 0.6) is 5.75 Å². The Balaban J connectivity index is 1.77. The monoisotopic (exact) mass is 407 g/mol. The maximum absolute atomic E-state index is 13.2. The van der Waals surface area contributed by atoms with Crippen LogP contribution in [0.3, 0.4) is 0 Å². The summed E-state index contributed by atoms with van der Waals surface area (Å²) in [6.45, 7) is 0. The minimum Gasteiger partial charge on any atom is -0.497 e. The summed E-state index contributed by atoms with van der Waals surface area (Å²) in [6.07, 6.45) is 3.43. The quantitative estimate of drug-likeness (QED) is 0.530. The third-order valence-electron chi connectivity index (χ3n) is 4.85. The molecule has 0 fully saturated rings. The van der Waals surface area contributed by atoms with Gasteiger partial charge >= 0.3 is 0 Å². The molecule has 7 heteroatoms. The molecule has 0 aliphatic carbocycles. The van der Waals surface area contributed by atoms with Crippen LogP contribution >= 0.6 is 0 Å². The number of benzene rings is 3. The summed E-state index contributed by atoms with van der Waals surface area (Å²) in [7, 11) is -0.395. The molecule has 1 unspecified atom stereocenters. The number of imidazole rings is 1. The Labute approximate surface area is 169 Å². The van der Waals surface area contributed by atoms with Crippen LogP contribution in [0.15, 0.2) is 84.0 Å². The van der Waals surface area contributed by atoms with Gasteiger partial charge in [0.1, 0.15) is 17.6 Å². The van der Waals surface area contributed by atoms with Gasteiger partial charge in [-0.2, -0.15) is 4.72 Å². The molecule has 0 radical (unpaired) electrons. The van der Waals surface area contributed by atoms with Crippen LogP contribution in [0.2, 0.25) is 0 Å². The van der Waals surface area contributed by atoms with E-state index in [-0.39, 0.29) is 4.90 Å². The van der Waals surface area contributed by atoms with Crippen molar-refractivity contribution >= 4 is 20.8 Å². The average Bonchev–Trinajstić information content (AvgIpc) is 3.17. The number of ether oxygens (including phenoxy) is 1. The molecule has 1 atom stereocenters. The molecule has 0 aliphatic heterocycles. The van der Waals surface area contributed by atoms with Crippen molar-refractivity contribution in [3.05, 3.63) is 90.5 Å². The molecule has 0 aliphatic rings. The number of nitrogens with zero attached hydrogens (tertiary/aromatic N) is 2. The van der Waals surface area contributed by atoms with Gasteiger partial charge in [-0.1, -0.05) is 42.5 Å². The molecule has 6 nitrogen and oxygen atoms in total. The zero-order valence-corrected chi connectivity index (χ0v) is 16.9. The average molecular weight is 407 g/mol. The zero-order valence-electron chi connectivity index (χ0n) is 16.1. The smallest absolute Gasteiger partial charge is 0.241 e. The summed E-state index contributed by atoms with van der Waals surface area (Å²) >= 11 is 0. The van der Waals surface area contributed by atoms with Crippen LogP contribution < -0.4 is 9.46 Å². The lowest BCUT2D eigenvalue weighted by atomic mass is 10.1. The van der Waals surface area contributed by atoms with E-state index < -0.39 is 16.1 Å². The predicted molar refractivity (Wildman–Crippen MR) is 112 cm³/mol. The third kappa shape index (κ3) is 3.87. The van der Waals surface area contributed by atoms with E-state index in [1.54, 1.807) is 36.2 Å². The number of sulfonamides is 1. The van der Waals surface area contributed by atoms with E-state index in [2.05, 4.69) is 9.71 Å². The minimum absolute atomic E-state index is 0.207. The summed E-state index contributed by atoms with van der Waals surface area (Å²) in [4.78, 5) is 4.58. The van der Waals surface area contributed by atoms with E-state index in [1.807, 2.05) is 61.6 Å². The molecular formula is C22H21N3O3S. The Bertz CT molecular complexity index is 1270. The SMILES string of the molecule is COc1cccc(C(NS(=O)(=O)c2ccc3ccccc3c2)c2nccn2C)c1. The fraction of sp³-hybridized carbons (Fsp3) is 0.136. The largest absolute Gasteiger partial charge is 0.497 e. The standard InChI is InChI=1S/C22H21N3O3S/c1-25-13-12-23-22(25)21(18-8-5-9-19(14-18)28-2)24-29(26,27)20-11-10-16-6-3-4-7-17(16)15-20/h3-15,21,24H,1-2H3. The van der Waals surface area contributed by atoms with Crippen molar-refractivity contribution in [2.24, 2.45) is 7.05 Å². The highest BCUT2D eigenvalue weighted by atomic mass is 32.2. The van der Waals surface area contributed by atoms with Crippen LogP contribution in [0, 0.1) is 0 Å². The molecule has 0 saturated carbocycles. The summed E-state index contributed by atoms with van der Waals surface area (Å²) < 4.78 is 36.4. The Morgan fingerprint density at radius 3 is 2.52 bits per heavy atom. The number of nitrogens with one attached hydrogen (secondary N) is 1. The molecule has 1 aromatic heterocycles.